The summed E-state index contributed by atoms with van der Waals surface area (Å²) in [5.74, 6) is 0.00533. The molecular formula is C20H13N2OS. The summed E-state index contributed by atoms with van der Waals surface area (Å²) >= 11 is 1.66. The molecule has 1 N–H and O–H groups in total. The number of ketones is 1. The van der Waals surface area contributed by atoms with E-state index >= 15 is 0 Å². The highest BCUT2D eigenvalue weighted by Crippen LogP contribution is 2.27. The van der Waals surface area contributed by atoms with Gasteiger partial charge in [-0.3, -0.25) is 4.79 Å². The van der Waals surface area contributed by atoms with Crippen LogP contribution in [-0.4, -0.2) is 15.8 Å². The van der Waals surface area contributed by atoms with Crippen molar-refractivity contribution in [3.8, 4) is 0 Å². The van der Waals surface area contributed by atoms with Crippen molar-refractivity contribution in [2.45, 2.75) is 9.79 Å². The third-order valence-electron chi connectivity index (χ3n) is 3.72. The minimum Gasteiger partial charge on any atom is -0.345 e. The van der Waals surface area contributed by atoms with E-state index in [2.05, 4.69) is 16.0 Å². The van der Waals surface area contributed by atoms with E-state index in [0.29, 0.717) is 11.1 Å². The van der Waals surface area contributed by atoms with Crippen LogP contribution in [0.1, 0.15) is 15.9 Å². The molecule has 0 aliphatic carbocycles. The van der Waals surface area contributed by atoms with Crippen molar-refractivity contribution in [3.05, 3.63) is 90.3 Å². The molecule has 4 heteroatoms. The van der Waals surface area contributed by atoms with Crippen LogP contribution in [0.15, 0.2) is 82.8 Å². The first kappa shape index (κ1) is 14.7. The second kappa shape index (κ2) is 6.34. The van der Waals surface area contributed by atoms with Crippen LogP contribution in [0.25, 0.3) is 11.0 Å². The van der Waals surface area contributed by atoms with Gasteiger partial charge in [0, 0.05) is 20.9 Å². The fourth-order valence-corrected chi connectivity index (χ4v) is 3.31. The number of hydrogen-bond donors (Lipinski definition) is 1. The highest BCUT2D eigenvalue weighted by atomic mass is 32.2. The number of fused-ring (bicyclic) bond motifs is 1. The molecule has 0 saturated carbocycles. The van der Waals surface area contributed by atoms with Gasteiger partial charge in [-0.2, -0.15) is 0 Å². The van der Waals surface area contributed by atoms with Gasteiger partial charge in [0.15, 0.2) is 5.78 Å². The molecule has 0 spiro atoms. The lowest BCUT2D eigenvalue weighted by Gasteiger charge is -2.04. The lowest BCUT2D eigenvalue weighted by Crippen LogP contribution is -2.00. The molecule has 0 aliphatic heterocycles. The largest absolute Gasteiger partial charge is 0.345 e. The topological polar surface area (TPSA) is 45.8 Å². The molecular weight excluding hydrogens is 316 g/mol. The van der Waals surface area contributed by atoms with Crippen LogP contribution in [0.2, 0.25) is 0 Å². The first-order valence-electron chi connectivity index (χ1n) is 7.51. The maximum atomic E-state index is 12.6. The van der Waals surface area contributed by atoms with Crippen LogP contribution in [0.5, 0.6) is 0 Å². The van der Waals surface area contributed by atoms with Gasteiger partial charge in [-0.05, 0) is 60.7 Å². The van der Waals surface area contributed by atoms with E-state index in [4.69, 9.17) is 0 Å². The summed E-state index contributed by atoms with van der Waals surface area (Å²) in [4.78, 5) is 22.1. The molecule has 0 bridgehead atoms. The zero-order valence-electron chi connectivity index (χ0n) is 12.7. The SMILES string of the molecule is O=C(c1ccc(Sc2cc[c]cc2)cc1)c1ccc2[nH]cnc2c1. The first-order chi connectivity index (χ1) is 11.8. The van der Waals surface area contributed by atoms with Gasteiger partial charge in [-0.15, -0.1) is 0 Å². The summed E-state index contributed by atoms with van der Waals surface area (Å²) in [6.45, 7) is 0. The number of hydrogen-bond acceptors (Lipinski definition) is 3. The number of nitrogens with one attached hydrogen (secondary N) is 1. The molecule has 115 valence electrons. The molecule has 0 saturated heterocycles. The van der Waals surface area contributed by atoms with E-state index in [1.54, 1.807) is 18.1 Å². The zero-order chi connectivity index (χ0) is 16.4. The molecule has 1 heterocycles. The fraction of sp³-hybridized carbons (Fsp3) is 0. The molecule has 24 heavy (non-hydrogen) atoms. The van der Waals surface area contributed by atoms with Crippen LogP contribution < -0.4 is 0 Å². The predicted octanol–water partition coefficient (Wildman–Crippen LogP) is 4.75. The number of nitrogens with zero attached hydrogens (tertiary/aromatic N) is 1. The normalized spacial score (nSPS) is 10.8. The highest BCUT2D eigenvalue weighted by Gasteiger charge is 2.10. The van der Waals surface area contributed by atoms with Crippen molar-refractivity contribution in [2.75, 3.05) is 0 Å². The van der Waals surface area contributed by atoms with Gasteiger partial charge in [-0.25, -0.2) is 4.98 Å². The summed E-state index contributed by atoms with van der Waals surface area (Å²) in [6.07, 6.45) is 1.63. The lowest BCUT2D eigenvalue weighted by atomic mass is 10.0. The Morgan fingerprint density at radius 1 is 0.917 bits per heavy atom. The van der Waals surface area contributed by atoms with Crippen molar-refractivity contribution in [3.63, 3.8) is 0 Å². The Morgan fingerprint density at radius 2 is 1.62 bits per heavy atom. The number of carbonyl (C=O) groups is 1. The number of benzene rings is 3. The fourth-order valence-electron chi connectivity index (χ4n) is 2.49. The third-order valence-corrected chi connectivity index (χ3v) is 4.74. The van der Waals surface area contributed by atoms with Gasteiger partial charge >= 0.3 is 0 Å². The van der Waals surface area contributed by atoms with E-state index < -0.39 is 0 Å². The second-order valence-electron chi connectivity index (χ2n) is 5.33. The predicted molar refractivity (Wildman–Crippen MR) is 95.4 cm³/mol. The first-order valence-corrected chi connectivity index (χ1v) is 8.33. The summed E-state index contributed by atoms with van der Waals surface area (Å²) in [6, 6.07) is 24.0. The quantitative estimate of drug-likeness (QED) is 0.550. The van der Waals surface area contributed by atoms with Crippen molar-refractivity contribution < 1.29 is 4.79 Å². The molecule has 0 atom stereocenters. The van der Waals surface area contributed by atoms with Gasteiger partial charge in [-0.1, -0.05) is 23.9 Å². The highest BCUT2D eigenvalue weighted by molar-refractivity contribution is 7.99. The Labute approximate surface area is 143 Å². The van der Waals surface area contributed by atoms with Crippen molar-refractivity contribution in [1.82, 2.24) is 9.97 Å². The van der Waals surface area contributed by atoms with E-state index in [0.717, 1.165) is 20.8 Å². The standard InChI is InChI=1S/C20H13N2OS/c23-20(15-8-11-18-19(12-15)22-13-21-18)14-6-9-17(10-7-14)24-16-4-2-1-3-5-16/h2-13H,(H,21,22). The van der Waals surface area contributed by atoms with E-state index in [-0.39, 0.29) is 5.78 Å². The summed E-state index contributed by atoms with van der Waals surface area (Å²) in [5, 5.41) is 0. The Balaban J connectivity index is 1.56. The van der Waals surface area contributed by atoms with Crippen LogP contribution in [0, 0.1) is 6.07 Å². The number of imidazole rings is 1. The van der Waals surface area contributed by atoms with Gasteiger partial charge < -0.3 is 4.98 Å². The molecule has 3 aromatic carbocycles. The smallest absolute Gasteiger partial charge is 0.193 e. The Hall–Kier alpha value is -2.85. The van der Waals surface area contributed by atoms with Crippen LogP contribution >= 0.6 is 11.8 Å². The molecule has 1 radical (unpaired) electrons. The molecule has 0 unspecified atom stereocenters. The Morgan fingerprint density at radius 3 is 2.42 bits per heavy atom. The van der Waals surface area contributed by atoms with Crippen molar-refractivity contribution >= 4 is 28.6 Å². The maximum absolute atomic E-state index is 12.6. The van der Waals surface area contributed by atoms with Gasteiger partial charge in [0.1, 0.15) is 0 Å². The Kier molecular flexibility index (Phi) is 3.89. The molecule has 3 nitrogen and oxygen atoms in total. The molecule has 0 amide bonds. The second-order valence-corrected chi connectivity index (χ2v) is 6.47. The van der Waals surface area contributed by atoms with Crippen LogP contribution in [-0.2, 0) is 0 Å². The number of aromatic nitrogens is 2. The number of H-pyrrole nitrogens is 1. The van der Waals surface area contributed by atoms with Crippen molar-refractivity contribution in [2.24, 2.45) is 0 Å². The van der Waals surface area contributed by atoms with E-state index in [1.165, 1.54) is 0 Å². The number of aromatic amines is 1. The van der Waals surface area contributed by atoms with E-state index in [9.17, 15) is 4.79 Å². The molecule has 0 fully saturated rings. The molecule has 1 aromatic heterocycles. The van der Waals surface area contributed by atoms with Gasteiger partial charge in [0.05, 0.1) is 17.4 Å². The molecule has 4 rings (SSSR count). The average molecular weight is 329 g/mol. The minimum atomic E-state index is 0.00533. The minimum absolute atomic E-state index is 0.00533. The summed E-state index contributed by atoms with van der Waals surface area (Å²) < 4.78 is 0. The maximum Gasteiger partial charge on any atom is 0.193 e. The van der Waals surface area contributed by atoms with Crippen LogP contribution in [0.3, 0.4) is 0 Å². The summed E-state index contributed by atoms with van der Waals surface area (Å²) in [7, 11) is 0. The van der Waals surface area contributed by atoms with Gasteiger partial charge in [0.25, 0.3) is 0 Å². The molecule has 4 aromatic rings. The lowest BCUT2D eigenvalue weighted by molar-refractivity contribution is 0.103. The number of rotatable bonds is 4. The van der Waals surface area contributed by atoms with Crippen LogP contribution in [0.4, 0.5) is 0 Å². The summed E-state index contributed by atoms with van der Waals surface area (Å²) in [5.41, 5.74) is 3.05. The average Bonchev–Trinajstić information content (AvgIpc) is 3.10. The Bertz CT molecular complexity index is 991. The van der Waals surface area contributed by atoms with E-state index in [1.807, 2.05) is 66.7 Å². The monoisotopic (exact) mass is 329 g/mol. The van der Waals surface area contributed by atoms with Crippen molar-refractivity contribution in [1.29, 1.82) is 0 Å². The third kappa shape index (κ3) is 2.96. The molecule has 0 aliphatic rings. The zero-order valence-corrected chi connectivity index (χ0v) is 13.5. The van der Waals surface area contributed by atoms with Gasteiger partial charge in [0.2, 0.25) is 0 Å². The number of carbonyl (C=O) groups excluding carboxylic acids is 1.